The average molecular weight is 327 g/mol. The van der Waals surface area contributed by atoms with Gasteiger partial charge in [-0.15, -0.1) is 0 Å². The molecule has 0 aromatic heterocycles. The Bertz CT molecular complexity index is 550. The maximum Gasteiger partial charge on any atom is 0.228 e. The Hall–Kier alpha value is -1.40. The van der Waals surface area contributed by atoms with E-state index >= 15 is 0 Å². The summed E-state index contributed by atoms with van der Waals surface area (Å²) < 4.78 is 0. The van der Waals surface area contributed by atoms with Crippen LogP contribution in [-0.4, -0.2) is 37.0 Å². The van der Waals surface area contributed by atoms with Crippen LogP contribution in [0.25, 0.3) is 0 Å². The third-order valence-corrected chi connectivity index (χ3v) is 4.17. The Kier molecular flexibility index (Phi) is 5.76. The van der Waals surface area contributed by atoms with Gasteiger partial charge in [0.25, 0.3) is 0 Å². The number of nitrogens with zero attached hydrogens (tertiary/aromatic N) is 1. The average Bonchev–Trinajstić information content (AvgIpc) is 2.95. The highest BCUT2D eigenvalue weighted by Gasteiger charge is 2.13. The van der Waals surface area contributed by atoms with Gasteiger partial charge in [0.1, 0.15) is 0 Å². The summed E-state index contributed by atoms with van der Waals surface area (Å²) in [4.78, 5) is 16.2. The van der Waals surface area contributed by atoms with Gasteiger partial charge < -0.3 is 16.0 Å². The first-order chi connectivity index (χ1) is 10.1. The third-order valence-electron chi connectivity index (χ3n) is 3.03. The zero-order valence-corrected chi connectivity index (χ0v) is 13.6. The lowest BCUT2D eigenvalue weighted by Crippen LogP contribution is -2.26. The summed E-state index contributed by atoms with van der Waals surface area (Å²) in [7, 11) is 0. The van der Waals surface area contributed by atoms with Crippen molar-refractivity contribution in [2.24, 2.45) is 10.9 Å². The highest BCUT2D eigenvalue weighted by atomic mass is 35.5. The fourth-order valence-electron chi connectivity index (χ4n) is 1.89. The van der Waals surface area contributed by atoms with E-state index in [0.29, 0.717) is 10.7 Å². The molecule has 5 nitrogen and oxygen atoms in total. The van der Waals surface area contributed by atoms with E-state index in [1.54, 1.807) is 17.8 Å². The van der Waals surface area contributed by atoms with Crippen molar-refractivity contribution in [3.63, 3.8) is 0 Å². The van der Waals surface area contributed by atoms with Crippen LogP contribution in [-0.2, 0) is 4.79 Å². The lowest BCUT2D eigenvalue weighted by molar-refractivity contribution is -0.118. The van der Waals surface area contributed by atoms with Crippen molar-refractivity contribution in [1.29, 1.82) is 0 Å². The Labute approximate surface area is 133 Å². The Morgan fingerprint density at radius 1 is 1.57 bits per heavy atom. The molecular formula is C14H19ClN4OS. The Morgan fingerprint density at radius 3 is 3.00 bits per heavy atom. The van der Waals surface area contributed by atoms with Crippen molar-refractivity contribution < 1.29 is 4.79 Å². The van der Waals surface area contributed by atoms with Crippen LogP contribution in [0.15, 0.2) is 23.2 Å². The summed E-state index contributed by atoms with van der Waals surface area (Å²) in [6.45, 7) is 3.51. The number of thioether (sulfide) groups is 1. The Balaban J connectivity index is 1.99. The van der Waals surface area contributed by atoms with E-state index in [9.17, 15) is 4.79 Å². The monoisotopic (exact) mass is 326 g/mol. The molecule has 0 aliphatic carbocycles. The number of aliphatic imine (C=N–C) groups is 1. The first-order valence-electron chi connectivity index (χ1n) is 6.75. The third kappa shape index (κ3) is 4.54. The lowest BCUT2D eigenvalue weighted by atomic mass is 10.2. The molecule has 1 aliphatic heterocycles. The zero-order chi connectivity index (χ0) is 15.2. The molecule has 1 aromatic rings. The largest absolute Gasteiger partial charge is 0.354 e. The number of carbonyl (C=O) groups is 1. The van der Waals surface area contributed by atoms with E-state index < -0.39 is 0 Å². The van der Waals surface area contributed by atoms with Crippen molar-refractivity contribution in [1.82, 2.24) is 5.32 Å². The van der Waals surface area contributed by atoms with Crippen LogP contribution in [0.3, 0.4) is 0 Å². The number of guanidine groups is 1. The molecule has 0 fully saturated rings. The van der Waals surface area contributed by atoms with Crippen molar-refractivity contribution in [3.8, 4) is 0 Å². The van der Waals surface area contributed by atoms with Crippen LogP contribution in [0.2, 0.25) is 5.02 Å². The van der Waals surface area contributed by atoms with E-state index in [0.717, 1.165) is 30.5 Å². The van der Waals surface area contributed by atoms with Gasteiger partial charge in [0, 0.05) is 23.9 Å². The number of hydrogen-bond acceptors (Lipinski definition) is 5. The second kappa shape index (κ2) is 7.56. The topological polar surface area (TPSA) is 65.5 Å². The van der Waals surface area contributed by atoms with Gasteiger partial charge in [0.05, 0.1) is 17.3 Å². The summed E-state index contributed by atoms with van der Waals surface area (Å²) in [5, 5.41) is 9.66. The van der Waals surface area contributed by atoms with E-state index in [-0.39, 0.29) is 11.8 Å². The Morgan fingerprint density at radius 2 is 2.38 bits per heavy atom. The molecule has 0 saturated carbocycles. The van der Waals surface area contributed by atoms with Gasteiger partial charge in [-0.05, 0) is 24.5 Å². The van der Waals surface area contributed by atoms with E-state index in [4.69, 9.17) is 11.6 Å². The minimum atomic E-state index is -0.0337. The first-order valence-corrected chi connectivity index (χ1v) is 8.52. The normalized spacial score (nSPS) is 15.1. The maximum absolute atomic E-state index is 12.0. The molecule has 1 aliphatic rings. The van der Waals surface area contributed by atoms with Crippen LogP contribution in [0.5, 0.6) is 0 Å². The highest BCUT2D eigenvalue weighted by molar-refractivity contribution is 7.98. The van der Waals surface area contributed by atoms with Crippen LogP contribution in [0.1, 0.15) is 6.92 Å². The van der Waals surface area contributed by atoms with Crippen molar-refractivity contribution in [3.05, 3.63) is 23.2 Å². The number of rotatable bonds is 5. The van der Waals surface area contributed by atoms with E-state index in [1.807, 2.05) is 25.3 Å². The molecule has 0 radical (unpaired) electrons. The fraction of sp³-hybridized carbons (Fsp3) is 0.429. The van der Waals surface area contributed by atoms with Gasteiger partial charge in [-0.3, -0.25) is 9.79 Å². The SMILES string of the molecule is CSCC(C)C(=O)Nc1ccc(NC2=NCCN2)c(Cl)c1. The van der Waals surface area contributed by atoms with Gasteiger partial charge >= 0.3 is 0 Å². The number of amides is 1. The molecule has 7 heteroatoms. The van der Waals surface area contributed by atoms with Gasteiger partial charge in [-0.25, -0.2) is 0 Å². The van der Waals surface area contributed by atoms with Crippen molar-refractivity contribution in [2.45, 2.75) is 6.92 Å². The van der Waals surface area contributed by atoms with Crippen molar-refractivity contribution >= 4 is 46.6 Å². The van der Waals surface area contributed by atoms with E-state index in [1.165, 1.54) is 0 Å². The molecule has 1 aromatic carbocycles. The lowest BCUT2D eigenvalue weighted by Gasteiger charge is -2.13. The second-order valence-corrected chi connectivity index (χ2v) is 6.14. The molecule has 2 rings (SSSR count). The summed E-state index contributed by atoms with van der Waals surface area (Å²) >= 11 is 7.89. The summed E-state index contributed by atoms with van der Waals surface area (Å²) in [6.07, 6.45) is 1.99. The van der Waals surface area contributed by atoms with Crippen LogP contribution in [0, 0.1) is 5.92 Å². The second-order valence-electron chi connectivity index (χ2n) is 4.82. The van der Waals surface area contributed by atoms with Gasteiger partial charge in [0.2, 0.25) is 5.91 Å². The number of hydrogen-bond donors (Lipinski definition) is 3. The minimum Gasteiger partial charge on any atom is -0.354 e. The van der Waals surface area contributed by atoms with Crippen LogP contribution in [0.4, 0.5) is 11.4 Å². The standard InChI is InChI=1S/C14H19ClN4OS/c1-9(8-21-2)13(20)18-10-3-4-12(11(15)7-10)19-14-16-5-6-17-14/h3-4,7,9H,5-6,8H2,1-2H3,(H,18,20)(H2,16,17,19). The van der Waals surface area contributed by atoms with Gasteiger partial charge in [-0.2, -0.15) is 11.8 Å². The van der Waals surface area contributed by atoms with Gasteiger partial charge in [0.15, 0.2) is 5.96 Å². The molecule has 0 saturated heterocycles. The van der Waals surface area contributed by atoms with E-state index in [2.05, 4.69) is 20.9 Å². The number of halogens is 1. The number of anilines is 2. The quantitative estimate of drug-likeness (QED) is 0.778. The molecule has 21 heavy (non-hydrogen) atoms. The smallest absolute Gasteiger partial charge is 0.228 e. The first kappa shape index (κ1) is 16.0. The molecule has 0 spiro atoms. The highest BCUT2D eigenvalue weighted by Crippen LogP contribution is 2.26. The molecule has 3 N–H and O–H groups in total. The molecule has 1 unspecified atom stereocenters. The molecule has 0 bridgehead atoms. The zero-order valence-electron chi connectivity index (χ0n) is 12.1. The summed E-state index contributed by atoms with van der Waals surface area (Å²) in [6, 6.07) is 5.40. The van der Waals surface area contributed by atoms with Gasteiger partial charge in [-0.1, -0.05) is 18.5 Å². The maximum atomic E-state index is 12.0. The predicted molar refractivity (Wildman–Crippen MR) is 91.6 cm³/mol. The molecule has 1 heterocycles. The number of carbonyl (C=O) groups excluding carboxylic acids is 1. The molecule has 1 amide bonds. The van der Waals surface area contributed by atoms with Crippen molar-refractivity contribution in [2.75, 3.05) is 35.7 Å². The molecular weight excluding hydrogens is 308 g/mol. The fourth-order valence-corrected chi connectivity index (χ4v) is 2.77. The minimum absolute atomic E-state index is 0.00274. The summed E-state index contributed by atoms with van der Waals surface area (Å²) in [5.41, 5.74) is 1.46. The number of nitrogens with one attached hydrogen (secondary N) is 3. The summed E-state index contributed by atoms with van der Waals surface area (Å²) in [5.74, 6) is 1.49. The number of benzene rings is 1. The molecule has 1 atom stereocenters. The van der Waals surface area contributed by atoms with Crippen LogP contribution >= 0.6 is 23.4 Å². The predicted octanol–water partition coefficient (Wildman–Crippen LogP) is 2.65. The molecule has 114 valence electrons. The van der Waals surface area contributed by atoms with Crippen LogP contribution < -0.4 is 16.0 Å².